The molecular weight excluding hydrogens is 336 g/mol. The lowest BCUT2D eigenvalue weighted by molar-refractivity contribution is 0.0952. The van der Waals surface area contributed by atoms with Crippen molar-refractivity contribution in [1.29, 1.82) is 0 Å². The molecule has 0 heterocycles. The van der Waals surface area contributed by atoms with Crippen LogP contribution < -0.4 is 10.6 Å². The van der Waals surface area contributed by atoms with E-state index < -0.39 is 0 Å². The third-order valence-corrected chi connectivity index (χ3v) is 4.38. The third kappa shape index (κ3) is 5.95. The first-order valence-corrected chi connectivity index (χ1v) is 9.47. The van der Waals surface area contributed by atoms with E-state index in [0.29, 0.717) is 23.6 Å². The number of rotatable bonds is 6. The Labute approximate surface area is 162 Å². The van der Waals surface area contributed by atoms with E-state index in [1.807, 2.05) is 24.3 Å². The van der Waals surface area contributed by atoms with Gasteiger partial charge in [-0.05, 0) is 47.6 Å². The molecule has 0 spiro atoms. The van der Waals surface area contributed by atoms with Crippen LogP contribution >= 0.6 is 0 Å². The highest BCUT2D eigenvalue weighted by Gasteiger charge is 2.19. The highest BCUT2D eigenvalue weighted by atomic mass is 16.2. The fourth-order valence-corrected chi connectivity index (χ4v) is 2.82. The summed E-state index contributed by atoms with van der Waals surface area (Å²) in [5, 5.41) is 5.89. The lowest BCUT2D eigenvalue weighted by atomic mass is 9.86. The van der Waals surface area contributed by atoms with Crippen LogP contribution in [0.2, 0.25) is 0 Å². The first-order chi connectivity index (χ1) is 12.7. The minimum atomic E-state index is -0.219. The molecule has 4 nitrogen and oxygen atoms in total. The van der Waals surface area contributed by atoms with E-state index in [4.69, 9.17) is 0 Å². The van der Waals surface area contributed by atoms with Crippen LogP contribution in [-0.4, -0.2) is 18.4 Å². The third-order valence-electron chi connectivity index (χ3n) is 4.38. The molecule has 0 aromatic heterocycles. The van der Waals surface area contributed by atoms with Crippen molar-refractivity contribution < 1.29 is 9.59 Å². The predicted molar refractivity (Wildman–Crippen MR) is 111 cm³/mol. The van der Waals surface area contributed by atoms with Gasteiger partial charge in [0.2, 0.25) is 0 Å². The zero-order valence-electron chi connectivity index (χ0n) is 16.9. The summed E-state index contributed by atoms with van der Waals surface area (Å²) in [4.78, 5) is 25.0. The predicted octanol–water partition coefficient (Wildman–Crippen LogP) is 5.01. The molecular formula is C23H30N2O2. The lowest BCUT2D eigenvalue weighted by Crippen LogP contribution is -2.25. The van der Waals surface area contributed by atoms with E-state index in [2.05, 4.69) is 45.3 Å². The van der Waals surface area contributed by atoms with Gasteiger partial charge in [0.05, 0.1) is 0 Å². The molecule has 0 aliphatic rings. The van der Waals surface area contributed by atoms with Gasteiger partial charge in [-0.2, -0.15) is 0 Å². The summed E-state index contributed by atoms with van der Waals surface area (Å²) in [7, 11) is 0. The second-order valence-corrected chi connectivity index (χ2v) is 8.27. The van der Waals surface area contributed by atoms with Crippen LogP contribution in [-0.2, 0) is 5.41 Å². The Morgan fingerprint density at radius 3 is 2.19 bits per heavy atom. The maximum atomic E-state index is 12.7. The van der Waals surface area contributed by atoms with Gasteiger partial charge in [-0.25, -0.2) is 0 Å². The molecule has 0 radical (unpaired) electrons. The number of benzene rings is 2. The molecule has 144 valence electrons. The van der Waals surface area contributed by atoms with Gasteiger partial charge in [0, 0.05) is 23.4 Å². The molecule has 0 atom stereocenters. The minimum Gasteiger partial charge on any atom is -0.352 e. The average molecular weight is 367 g/mol. The number of nitrogens with one attached hydrogen (secondary N) is 2. The molecule has 0 saturated carbocycles. The van der Waals surface area contributed by atoms with E-state index in [1.54, 1.807) is 24.3 Å². The van der Waals surface area contributed by atoms with Crippen LogP contribution in [0.4, 0.5) is 5.69 Å². The number of anilines is 1. The first-order valence-electron chi connectivity index (χ1n) is 9.47. The van der Waals surface area contributed by atoms with E-state index >= 15 is 0 Å². The van der Waals surface area contributed by atoms with Crippen LogP contribution in [0.5, 0.6) is 0 Å². The van der Waals surface area contributed by atoms with Crippen molar-refractivity contribution in [2.45, 2.75) is 46.5 Å². The second kappa shape index (κ2) is 8.85. The van der Waals surface area contributed by atoms with Crippen LogP contribution in [0, 0.1) is 5.92 Å². The summed E-state index contributed by atoms with van der Waals surface area (Å²) < 4.78 is 0. The smallest absolute Gasteiger partial charge is 0.255 e. The van der Waals surface area contributed by atoms with Crippen molar-refractivity contribution in [3.8, 4) is 0 Å². The number of para-hydroxylation sites is 1. The number of carbonyl (C=O) groups excluding carboxylic acids is 2. The van der Waals surface area contributed by atoms with Gasteiger partial charge < -0.3 is 10.6 Å². The van der Waals surface area contributed by atoms with Gasteiger partial charge in [-0.1, -0.05) is 58.9 Å². The zero-order chi connectivity index (χ0) is 20.0. The summed E-state index contributed by atoms with van der Waals surface area (Å²) in [6, 6.07) is 14.6. The SMILES string of the molecule is CC(C)CCNC(=O)c1cccc(C(=O)Nc2ccccc2C(C)(C)C)c1. The zero-order valence-corrected chi connectivity index (χ0v) is 16.9. The van der Waals surface area contributed by atoms with Crippen molar-refractivity contribution in [2.24, 2.45) is 5.92 Å². The van der Waals surface area contributed by atoms with Crippen molar-refractivity contribution in [1.82, 2.24) is 5.32 Å². The molecule has 0 bridgehead atoms. The Hall–Kier alpha value is -2.62. The highest BCUT2D eigenvalue weighted by Crippen LogP contribution is 2.29. The molecule has 2 aromatic carbocycles. The van der Waals surface area contributed by atoms with Gasteiger partial charge in [0.15, 0.2) is 0 Å². The van der Waals surface area contributed by atoms with E-state index in [1.165, 1.54) is 0 Å². The number of hydrogen-bond donors (Lipinski definition) is 2. The Balaban J connectivity index is 2.13. The van der Waals surface area contributed by atoms with Gasteiger partial charge in [0.25, 0.3) is 11.8 Å². The molecule has 4 heteroatoms. The van der Waals surface area contributed by atoms with Crippen molar-refractivity contribution in [2.75, 3.05) is 11.9 Å². The largest absolute Gasteiger partial charge is 0.352 e. The van der Waals surface area contributed by atoms with Gasteiger partial charge >= 0.3 is 0 Å². The molecule has 0 fully saturated rings. The average Bonchev–Trinajstić information content (AvgIpc) is 2.61. The summed E-state index contributed by atoms with van der Waals surface area (Å²) in [5.41, 5.74) is 2.75. The highest BCUT2D eigenvalue weighted by molar-refractivity contribution is 6.06. The summed E-state index contributed by atoms with van der Waals surface area (Å²) in [5.74, 6) is 0.161. The maximum absolute atomic E-state index is 12.7. The second-order valence-electron chi connectivity index (χ2n) is 8.27. The lowest BCUT2D eigenvalue weighted by Gasteiger charge is -2.23. The van der Waals surface area contributed by atoms with Crippen molar-refractivity contribution in [3.63, 3.8) is 0 Å². The standard InChI is InChI=1S/C23H30N2O2/c1-16(2)13-14-24-21(26)17-9-8-10-18(15-17)22(27)25-20-12-7-6-11-19(20)23(3,4)5/h6-12,15-16H,13-14H2,1-5H3,(H,24,26)(H,25,27). The summed E-state index contributed by atoms with van der Waals surface area (Å²) in [6.45, 7) is 11.2. The van der Waals surface area contributed by atoms with Crippen molar-refractivity contribution in [3.05, 3.63) is 65.2 Å². The summed E-state index contributed by atoms with van der Waals surface area (Å²) >= 11 is 0. The quantitative estimate of drug-likeness (QED) is 0.755. The Morgan fingerprint density at radius 2 is 1.56 bits per heavy atom. The number of amides is 2. The molecule has 0 aliphatic carbocycles. The molecule has 0 unspecified atom stereocenters. The first kappa shape index (κ1) is 20.7. The van der Waals surface area contributed by atoms with Crippen LogP contribution in [0.15, 0.2) is 48.5 Å². The fourth-order valence-electron chi connectivity index (χ4n) is 2.82. The fraction of sp³-hybridized carbons (Fsp3) is 0.391. The topological polar surface area (TPSA) is 58.2 Å². The van der Waals surface area contributed by atoms with Crippen LogP contribution in [0.3, 0.4) is 0 Å². The molecule has 27 heavy (non-hydrogen) atoms. The van der Waals surface area contributed by atoms with E-state index in [0.717, 1.165) is 17.7 Å². The molecule has 0 aliphatic heterocycles. The molecule has 2 rings (SSSR count). The van der Waals surface area contributed by atoms with E-state index in [-0.39, 0.29) is 17.2 Å². The number of hydrogen-bond acceptors (Lipinski definition) is 2. The molecule has 0 saturated heterocycles. The molecule has 2 amide bonds. The van der Waals surface area contributed by atoms with Gasteiger partial charge in [-0.15, -0.1) is 0 Å². The summed E-state index contributed by atoms with van der Waals surface area (Å²) in [6.07, 6.45) is 0.926. The number of carbonyl (C=O) groups is 2. The molecule has 2 N–H and O–H groups in total. The Bertz CT molecular complexity index is 804. The minimum absolute atomic E-state index is 0.0813. The van der Waals surface area contributed by atoms with E-state index in [9.17, 15) is 9.59 Å². The normalized spacial score (nSPS) is 11.3. The van der Waals surface area contributed by atoms with Crippen molar-refractivity contribution >= 4 is 17.5 Å². The van der Waals surface area contributed by atoms with Crippen LogP contribution in [0.25, 0.3) is 0 Å². The Morgan fingerprint density at radius 1 is 0.926 bits per heavy atom. The Kier molecular flexibility index (Phi) is 6.78. The van der Waals surface area contributed by atoms with Crippen LogP contribution in [0.1, 0.15) is 67.3 Å². The molecule has 2 aromatic rings. The van der Waals surface area contributed by atoms with Gasteiger partial charge in [0.1, 0.15) is 0 Å². The maximum Gasteiger partial charge on any atom is 0.255 e. The van der Waals surface area contributed by atoms with Gasteiger partial charge in [-0.3, -0.25) is 9.59 Å². The monoisotopic (exact) mass is 366 g/mol.